The topological polar surface area (TPSA) is 90.2 Å². The molecule has 1 aliphatic heterocycles. The Labute approximate surface area is 193 Å². The van der Waals surface area contributed by atoms with Crippen LogP contribution >= 0.6 is 0 Å². The van der Waals surface area contributed by atoms with E-state index in [1.165, 1.54) is 0 Å². The molecular weight excluding hydrogens is 438 g/mol. The van der Waals surface area contributed by atoms with Crippen LogP contribution in [0, 0.1) is 0 Å². The summed E-state index contributed by atoms with van der Waals surface area (Å²) < 4.78 is 29.5. The molecule has 5 rings (SSSR count). The van der Waals surface area contributed by atoms with Gasteiger partial charge in [-0.2, -0.15) is 13.5 Å². The van der Waals surface area contributed by atoms with Crippen molar-refractivity contribution in [2.24, 2.45) is 0 Å². The maximum atomic E-state index is 11.3. The summed E-state index contributed by atoms with van der Waals surface area (Å²) in [7, 11) is -3.46. The van der Waals surface area contributed by atoms with Gasteiger partial charge in [-0.25, -0.2) is 4.98 Å². The molecule has 0 radical (unpaired) electrons. The Morgan fingerprint density at radius 3 is 2.61 bits per heavy atom. The molecule has 2 aromatic heterocycles. The van der Waals surface area contributed by atoms with Gasteiger partial charge in [0.25, 0.3) is 10.1 Å². The third kappa shape index (κ3) is 5.04. The average molecular weight is 464 g/mol. The fourth-order valence-electron chi connectivity index (χ4n) is 4.17. The monoisotopic (exact) mass is 463 g/mol. The van der Waals surface area contributed by atoms with Gasteiger partial charge in [0, 0.05) is 30.5 Å². The van der Waals surface area contributed by atoms with Gasteiger partial charge in [0.15, 0.2) is 0 Å². The Kier molecular flexibility index (Phi) is 5.82. The van der Waals surface area contributed by atoms with E-state index < -0.39 is 10.1 Å². The minimum atomic E-state index is -3.46. The third-order valence-corrected chi connectivity index (χ3v) is 6.45. The molecule has 0 N–H and O–H groups in total. The number of benzene rings is 2. The maximum Gasteiger partial charge on any atom is 0.264 e. The minimum absolute atomic E-state index is 0.0524. The van der Waals surface area contributed by atoms with Crippen molar-refractivity contribution in [1.82, 2.24) is 19.7 Å². The summed E-state index contributed by atoms with van der Waals surface area (Å²) in [5.74, 6) is 0. The van der Waals surface area contributed by atoms with Gasteiger partial charge in [-0.3, -0.25) is 13.8 Å². The summed E-state index contributed by atoms with van der Waals surface area (Å²) >= 11 is 0. The molecule has 0 amide bonds. The number of hydrogen-bond donors (Lipinski definition) is 0. The predicted molar refractivity (Wildman–Crippen MR) is 127 cm³/mol. The van der Waals surface area contributed by atoms with Crippen LogP contribution in [-0.2, 0) is 20.9 Å². The number of aromatic nitrogens is 4. The molecule has 1 fully saturated rings. The molecule has 4 aromatic rings. The Morgan fingerprint density at radius 1 is 1.03 bits per heavy atom. The highest BCUT2D eigenvalue weighted by Crippen LogP contribution is 2.28. The standard InChI is InChI=1S/C24H25N5O3S/c1-33(30,31)32-17-18-5-4-6-21(13-18)28-11-9-20(10-12-28)29-16-19(14-26-29)24-15-25-22-7-2-3-8-23(22)27-24/h2-8,13-16,20H,9-12,17H2,1H3. The molecule has 0 bridgehead atoms. The second kappa shape index (κ2) is 8.92. The first kappa shape index (κ1) is 21.5. The SMILES string of the molecule is CS(=O)(=O)OCc1cccc(N2CCC(n3cc(-c4cnc5ccccc5n4)cn3)CC2)c1. The number of hydrogen-bond acceptors (Lipinski definition) is 7. The molecular formula is C24H25N5O3S. The van der Waals surface area contributed by atoms with Crippen LogP contribution in [0.15, 0.2) is 67.1 Å². The van der Waals surface area contributed by atoms with E-state index in [4.69, 9.17) is 9.17 Å². The van der Waals surface area contributed by atoms with Crippen molar-refractivity contribution >= 4 is 26.8 Å². The zero-order valence-electron chi connectivity index (χ0n) is 18.3. The highest BCUT2D eigenvalue weighted by atomic mass is 32.2. The van der Waals surface area contributed by atoms with Crippen LogP contribution in [-0.4, -0.2) is 47.5 Å². The van der Waals surface area contributed by atoms with E-state index in [-0.39, 0.29) is 6.61 Å². The molecule has 33 heavy (non-hydrogen) atoms. The minimum Gasteiger partial charge on any atom is -0.371 e. The number of nitrogens with zero attached hydrogens (tertiary/aromatic N) is 5. The van der Waals surface area contributed by atoms with Gasteiger partial charge in [-0.1, -0.05) is 24.3 Å². The van der Waals surface area contributed by atoms with Gasteiger partial charge in [0.1, 0.15) is 0 Å². The zero-order chi connectivity index (χ0) is 22.8. The van der Waals surface area contributed by atoms with Crippen molar-refractivity contribution < 1.29 is 12.6 Å². The van der Waals surface area contributed by atoms with Crippen molar-refractivity contribution in [3.8, 4) is 11.3 Å². The highest BCUT2D eigenvalue weighted by molar-refractivity contribution is 7.85. The molecule has 1 aliphatic rings. The van der Waals surface area contributed by atoms with Gasteiger partial charge in [0.05, 0.1) is 48.0 Å². The molecule has 2 aromatic carbocycles. The smallest absolute Gasteiger partial charge is 0.264 e. The second-order valence-corrected chi connectivity index (χ2v) is 9.95. The number of rotatable bonds is 6. The second-order valence-electron chi connectivity index (χ2n) is 8.31. The number of para-hydroxylation sites is 2. The van der Waals surface area contributed by atoms with Crippen LogP contribution in [0.25, 0.3) is 22.3 Å². The molecule has 0 unspecified atom stereocenters. The van der Waals surface area contributed by atoms with Gasteiger partial charge in [-0.05, 0) is 42.7 Å². The summed E-state index contributed by atoms with van der Waals surface area (Å²) in [6.45, 7) is 1.84. The molecule has 8 nitrogen and oxygen atoms in total. The van der Waals surface area contributed by atoms with Gasteiger partial charge in [-0.15, -0.1) is 0 Å². The van der Waals surface area contributed by atoms with Crippen LogP contribution in [0.2, 0.25) is 0 Å². The lowest BCUT2D eigenvalue weighted by atomic mass is 10.0. The lowest BCUT2D eigenvalue weighted by Crippen LogP contribution is -2.34. The van der Waals surface area contributed by atoms with E-state index in [0.717, 1.165) is 65.7 Å². The molecule has 0 aliphatic carbocycles. The van der Waals surface area contributed by atoms with E-state index in [1.807, 2.05) is 53.3 Å². The van der Waals surface area contributed by atoms with E-state index in [1.54, 1.807) is 6.20 Å². The Hall–Kier alpha value is -3.30. The van der Waals surface area contributed by atoms with E-state index in [2.05, 4.69) is 27.2 Å². The molecule has 0 saturated carbocycles. The third-order valence-electron chi connectivity index (χ3n) is 5.90. The van der Waals surface area contributed by atoms with Crippen LogP contribution in [0.1, 0.15) is 24.4 Å². The maximum absolute atomic E-state index is 11.3. The van der Waals surface area contributed by atoms with Crippen LogP contribution in [0.4, 0.5) is 5.69 Å². The molecule has 170 valence electrons. The summed E-state index contributed by atoms with van der Waals surface area (Å²) in [4.78, 5) is 11.5. The van der Waals surface area contributed by atoms with Crippen molar-refractivity contribution in [3.05, 3.63) is 72.7 Å². The number of piperidine rings is 1. The molecule has 3 heterocycles. The van der Waals surface area contributed by atoms with Crippen molar-refractivity contribution in [1.29, 1.82) is 0 Å². The zero-order valence-corrected chi connectivity index (χ0v) is 19.1. The Balaban J connectivity index is 1.24. The first-order valence-corrected chi connectivity index (χ1v) is 12.7. The molecule has 0 spiro atoms. The van der Waals surface area contributed by atoms with Crippen molar-refractivity contribution in [3.63, 3.8) is 0 Å². The fourth-order valence-corrected chi connectivity index (χ4v) is 4.52. The molecule has 1 saturated heterocycles. The first-order chi connectivity index (χ1) is 15.9. The summed E-state index contributed by atoms with van der Waals surface area (Å²) in [6.07, 6.45) is 8.71. The van der Waals surface area contributed by atoms with Crippen molar-refractivity contribution in [2.75, 3.05) is 24.2 Å². The van der Waals surface area contributed by atoms with Gasteiger partial charge >= 0.3 is 0 Å². The molecule has 9 heteroatoms. The Bertz CT molecular complexity index is 1380. The highest BCUT2D eigenvalue weighted by Gasteiger charge is 2.22. The lowest BCUT2D eigenvalue weighted by Gasteiger charge is -2.34. The quantitative estimate of drug-likeness (QED) is 0.402. The van der Waals surface area contributed by atoms with E-state index >= 15 is 0 Å². The predicted octanol–water partition coefficient (Wildman–Crippen LogP) is 3.81. The van der Waals surface area contributed by atoms with E-state index in [0.29, 0.717) is 6.04 Å². The summed E-state index contributed by atoms with van der Waals surface area (Å²) in [6, 6.07) is 16.0. The fraction of sp³-hybridized carbons (Fsp3) is 0.292. The van der Waals surface area contributed by atoms with Crippen LogP contribution < -0.4 is 4.90 Å². The normalized spacial score (nSPS) is 15.2. The average Bonchev–Trinajstić information content (AvgIpc) is 3.33. The summed E-state index contributed by atoms with van der Waals surface area (Å²) in [5.41, 5.74) is 5.47. The Morgan fingerprint density at radius 2 is 1.82 bits per heavy atom. The number of fused-ring (bicyclic) bond motifs is 1. The van der Waals surface area contributed by atoms with Crippen molar-refractivity contribution in [2.45, 2.75) is 25.5 Å². The first-order valence-electron chi connectivity index (χ1n) is 10.9. The molecule has 0 atom stereocenters. The number of anilines is 1. The van der Waals surface area contributed by atoms with E-state index in [9.17, 15) is 8.42 Å². The van der Waals surface area contributed by atoms with Crippen LogP contribution in [0.5, 0.6) is 0 Å². The largest absolute Gasteiger partial charge is 0.371 e. The van der Waals surface area contributed by atoms with Gasteiger partial charge in [0.2, 0.25) is 0 Å². The van der Waals surface area contributed by atoms with Crippen LogP contribution in [0.3, 0.4) is 0 Å². The lowest BCUT2D eigenvalue weighted by molar-refractivity contribution is 0.311. The van der Waals surface area contributed by atoms with Gasteiger partial charge < -0.3 is 4.90 Å². The summed E-state index contributed by atoms with van der Waals surface area (Å²) in [5, 5.41) is 4.61.